The first-order valence-electron chi connectivity index (χ1n) is 4.28. The van der Waals surface area contributed by atoms with Gasteiger partial charge in [-0.2, -0.15) is 4.91 Å². The highest BCUT2D eigenvalue weighted by molar-refractivity contribution is 6.30. The van der Waals surface area contributed by atoms with Crippen molar-refractivity contribution in [3.63, 3.8) is 0 Å². The van der Waals surface area contributed by atoms with E-state index in [9.17, 15) is 4.91 Å². The van der Waals surface area contributed by atoms with E-state index < -0.39 is 0 Å². The second kappa shape index (κ2) is 6.61. The number of hydrogen-bond donors (Lipinski definition) is 0. The quantitative estimate of drug-likeness (QED) is 0.664. The Balaban J connectivity index is 0.000000671. The molecule has 2 nitrogen and oxygen atoms in total. The third kappa shape index (κ3) is 4.04. The number of hydrogen-bond acceptors (Lipinski definition) is 2. The number of nitroso groups, excluding NO2 is 1. The molecule has 3 heteroatoms. The van der Waals surface area contributed by atoms with Crippen molar-refractivity contribution < 1.29 is 0 Å². The van der Waals surface area contributed by atoms with Gasteiger partial charge in [0.15, 0.2) is 0 Å². The van der Waals surface area contributed by atoms with E-state index in [1.165, 1.54) is 0 Å². The van der Waals surface area contributed by atoms with E-state index in [2.05, 4.69) is 5.18 Å². The minimum absolute atomic E-state index is 0.201. The maximum atomic E-state index is 9.94. The molecule has 0 unspecified atom stereocenters. The largest absolute Gasteiger partial charge is 0.150 e. The summed E-state index contributed by atoms with van der Waals surface area (Å²) < 4.78 is 0. The van der Waals surface area contributed by atoms with Gasteiger partial charge in [-0.25, -0.2) is 0 Å². The number of aryl methyl sites for hydroxylation is 1. The van der Waals surface area contributed by atoms with Gasteiger partial charge in [-0.15, -0.1) is 0 Å². The van der Waals surface area contributed by atoms with E-state index in [0.717, 1.165) is 11.1 Å². The maximum Gasteiger partial charge on any atom is 0.106 e. The SMILES string of the molecule is CC.Cc1ccc(Cl)cc1CN=O. The lowest BCUT2D eigenvalue weighted by molar-refractivity contribution is 1.04. The molecule has 1 aromatic rings. The molecule has 13 heavy (non-hydrogen) atoms. The Morgan fingerprint density at radius 2 is 2.00 bits per heavy atom. The Morgan fingerprint density at radius 3 is 2.54 bits per heavy atom. The Hall–Kier alpha value is -0.890. The first kappa shape index (κ1) is 12.1. The summed E-state index contributed by atoms with van der Waals surface area (Å²) >= 11 is 5.71. The molecule has 1 rings (SSSR count). The number of benzene rings is 1. The van der Waals surface area contributed by atoms with Crippen molar-refractivity contribution in [1.29, 1.82) is 0 Å². The van der Waals surface area contributed by atoms with Crippen LogP contribution in [0.1, 0.15) is 25.0 Å². The van der Waals surface area contributed by atoms with Gasteiger partial charge in [0.2, 0.25) is 0 Å². The van der Waals surface area contributed by atoms with Crippen LogP contribution in [0.3, 0.4) is 0 Å². The van der Waals surface area contributed by atoms with E-state index >= 15 is 0 Å². The minimum Gasteiger partial charge on any atom is -0.150 e. The Labute approximate surface area is 83.9 Å². The van der Waals surface area contributed by atoms with Crippen molar-refractivity contribution in [3.05, 3.63) is 39.3 Å². The standard InChI is InChI=1S/C8H8ClNO.C2H6/c1-6-2-3-8(9)4-7(6)5-10-11;1-2/h2-4H,5H2,1H3;1-2H3. The van der Waals surface area contributed by atoms with Crippen LogP contribution in [0.15, 0.2) is 23.4 Å². The predicted molar refractivity (Wildman–Crippen MR) is 57.0 cm³/mol. The van der Waals surface area contributed by atoms with Crippen LogP contribution in [0, 0.1) is 11.8 Å². The third-order valence-electron chi connectivity index (χ3n) is 1.55. The lowest BCUT2D eigenvalue weighted by atomic mass is 10.1. The summed E-state index contributed by atoms with van der Waals surface area (Å²) in [5.74, 6) is 0. The fourth-order valence-electron chi connectivity index (χ4n) is 0.880. The molecule has 0 bridgehead atoms. The van der Waals surface area contributed by atoms with Gasteiger partial charge < -0.3 is 0 Å². The summed E-state index contributed by atoms with van der Waals surface area (Å²) in [5, 5.41) is 3.45. The van der Waals surface area contributed by atoms with Crippen molar-refractivity contribution in [2.24, 2.45) is 5.18 Å². The molecule has 1 aromatic carbocycles. The van der Waals surface area contributed by atoms with Crippen LogP contribution < -0.4 is 0 Å². The van der Waals surface area contributed by atoms with Crippen LogP contribution in [0.2, 0.25) is 5.02 Å². The molecule has 0 saturated heterocycles. The first-order chi connectivity index (χ1) is 6.24. The second-order valence-electron chi connectivity index (χ2n) is 2.36. The van der Waals surface area contributed by atoms with Gasteiger partial charge >= 0.3 is 0 Å². The molecular formula is C10H14ClNO. The summed E-state index contributed by atoms with van der Waals surface area (Å²) in [6.45, 7) is 6.13. The van der Waals surface area contributed by atoms with E-state index in [1.54, 1.807) is 12.1 Å². The molecule has 0 aliphatic rings. The van der Waals surface area contributed by atoms with Crippen molar-refractivity contribution in [2.45, 2.75) is 27.3 Å². The zero-order valence-electron chi connectivity index (χ0n) is 8.17. The zero-order chi connectivity index (χ0) is 10.3. The van der Waals surface area contributed by atoms with Crippen LogP contribution in [-0.2, 0) is 6.54 Å². The van der Waals surface area contributed by atoms with E-state index in [1.807, 2.05) is 26.8 Å². The molecule has 0 aromatic heterocycles. The normalized spacial score (nSPS) is 8.62. The van der Waals surface area contributed by atoms with Gasteiger partial charge in [-0.1, -0.05) is 36.7 Å². The summed E-state index contributed by atoms with van der Waals surface area (Å²) in [7, 11) is 0. The van der Waals surface area contributed by atoms with Crippen LogP contribution in [0.5, 0.6) is 0 Å². The van der Waals surface area contributed by atoms with Gasteiger partial charge in [0, 0.05) is 5.02 Å². The number of rotatable bonds is 2. The average molecular weight is 200 g/mol. The van der Waals surface area contributed by atoms with Gasteiger partial charge in [0.05, 0.1) is 0 Å². The molecule has 0 N–H and O–H groups in total. The maximum absolute atomic E-state index is 9.94. The number of nitrogens with zero attached hydrogens (tertiary/aromatic N) is 1. The Bertz CT molecular complexity index is 274. The van der Waals surface area contributed by atoms with Crippen molar-refractivity contribution in [1.82, 2.24) is 0 Å². The summed E-state index contributed by atoms with van der Waals surface area (Å²) in [6.07, 6.45) is 0. The topological polar surface area (TPSA) is 29.4 Å². The summed E-state index contributed by atoms with van der Waals surface area (Å²) in [4.78, 5) is 9.94. The number of halogens is 1. The second-order valence-corrected chi connectivity index (χ2v) is 2.79. The smallest absolute Gasteiger partial charge is 0.106 e. The van der Waals surface area contributed by atoms with Gasteiger partial charge in [0.25, 0.3) is 0 Å². The monoisotopic (exact) mass is 199 g/mol. The van der Waals surface area contributed by atoms with Gasteiger partial charge in [0.1, 0.15) is 6.54 Å². The molecule has 0 saturated carbocycles. The van der Waals surface area contributed by atoms with Crippen molar-refractivity contribution in [3.8, 4) is 0 Å². The molecular weight excluding hydrogens is 186 g/mol. The van der Waals surface area contributed by atoms with Crippen LogP contribution >= 0.6 is 11.6 Å². The molecule has 72 valence electrons. The molecule has 0 aliphatic heterocycles. The molecule has 0 atom stereocenters. The Kier molecular flexibility index (Phi) is 6.15. The highest BCUT2D eigenvalue weighted by atomic mass is 35.5. The van der Waals surface area contributed by atoms with Gasteiger partial charge in [-0.05, 0) is 30.2 Å². The molecule has 0 radical (unpaired) electrons. The lowest BCUT2D eigenvalue weighted by Gasteiger charge is -1.99. The van der Waals surface area contributed by atoms with E-state index in [4.69, 9.17) is 11.6 Å². The van der Waals surface area contributed by atoms with Crippen LogP contribution in [0.4, 0.5) is 0 Å². The minimum atomic E-state index is 0.201. The Morgan fingerprint density at radius 1 is 1.38 bits per heavy atom. The molecule has 0 heterocycles. The predicted octanol–water partition coefficient (Wildman–Crippen LogP) is 3.94. The summed E-state index contributed by atoms with van der Waals surface area (Å²) in [5.41, 5.74) is 1.95. The fraction of sp³-hybridized carbons (Fsp3) is 0.400. The van der Waals surface area contributed by atoms with E-state index in [-0.39, 0.29) is 6.54 Å². The molecule has 0 aliphatic carbocycles. The van der Waals surface area contributed by atoms with Crippen LogP contribution in [-0.4, -0.2) is 0 Å². The average Bonchev–Trinajstić information content (AvgIpc) is 2.15. The van der Waals surface area contributed by atoms with Crippen LogP contribution in [0.25, 0.3) is 0 Å². The zero-order valence-corrected chi connectivity index (χ0v) is 8.93. The van der Waals surface area contributed by atoms with Gasteiger partial charge in [-0.3, -0.25) is 0 Å². The highest BCUT2D eigenvalue weighted by Gasteiger charge is 1.97. The highest BCUT2D eigenvalue weighted by Crippen LogP contribution is 2.15. The van der Waals surface area contributed by atoms with Crippen molar-refractivity contribution >= 4 is 11.6 Å². The lowest BCUT2D eigenvalue weighted by Crippen LogP contribution is -1.85. The summed E-state index contributed by atoms with van der Waals surface area (Å²) in [6, 6.07) is 5.44. The van der Waals surface area contributed by atoms with E-state index in [0.29, 0.717) is 5.02 Å². The molecule has 0 fully saturated rings. The molecule has 0 amide bonds. The fourth-order valence-corrected chi connectivity index (χ4v) is 1.07. The first-order valence-corrected chi connectivity index (χ1v) is 4.66. The molecule has 0 spiro atoms. The van der Waals surface area contributed by atoms with Crippen molar-refractivity contribution in [2.75, 3.05) is 0 Å². The third-order valence-corrected chi connectivity index (χ3v) is 1.78.